The number of nitrogens with zero attached hydrogens (tertiary/aromatic N) is 4. The molecule has 5 nitrogen and oxygen atoms in total. The van der Waals surface area contributed by atoms with Crippen molar-refractivity contribution < 1.29 is 4.39 Å². The van der Waals surface area contributed by atoms with Crippen LogP contribution in [0.2, 0.25) is 5.02 Å². The molecule has 3 rings (SSSR count). The number of fused-ring (bicyclic) bond motifs is 1. The topological polar surface area (TPSA) is 55.6 Å². The van der Waals surface area contributed by atoms with Crippen molar-refractivity contribution in [3.8, 4) is 0 Å². The van der Waals surface area contributed by atoms with Gasteiger partial charge in [-0.05, 0) is 18.6 Å². The van der Waals surface area contributed by atoms with Gasteiger partial charge in [-0.3, -0.25) is 0 Å². The third-order valence-electron chi connectivity index (χ3n) is 3.33. The summed E-state index contributed by atoms with van der Waals surface area (Å²) in [6, 6.07) is 4.65. The molecule has 0 amide bonds. The Labute approximate surface area is 132 Å². The number of nitrogens with one attached hydrogen (secondary N) is 1. The lowest BCUT2D eigenvalue weighted by Gasteiger charge is -2.08. The molecule has 114 valence electrons. The van der Waals surface area contributed by atoms with Gasteiger partial charge < -0.3 is 9.88 Å². The molecule has 22 heavy (non-hydrogen) atoms. The Kier molecular flexibility index (Phi) is 4.20. The number of benzene rings is 1. The molecule has 0 saturated carbocycles. The number of aromatic nitrogens is 4. The number of hydrogen-bond acceptors (Lipinski definition) is 4. The van der Waals surface area contributed by atoms with Crippen LogP contribution in [0, 0.1) is 5.82 Å². The van der Waals surface area contributed by atoms with Gasteiger partial charge >= 0.3 is 0 Å². The molecule has 0 bridgehead atoms. The predicted octanol–water partition coefficient (Wildman–Crippen LogP) is 3.49. The molecule has 0 saturated heterocycles. The van der Waals surface area contributed by atoms with Gasteiger partial charge in [0.15, 0.2) is 11.5 Å². The van der Waals surface area contributed by atoms with Crippen molar-refractivity contribution in [2.24, 2.45) is 0 Å². The van der Waals surface area contributed by atoms with E-state index >= 15 is 0 Å². The first-order chi connectivity index (χ1) is 10.7. The highest BCUT2D eigenvalue weighted by molar-refractivity contribution is 6.31. The van der Waals surface area contributed by atoms with Gasteiger partial charge in [0.2, 0.25) is 0 Å². The minimum absolute atomic E-state index is 0.270. The van der Waals surface area contributed by atoms with E-state index in [0.29, 0.717) is 27.6 Å². The second-order valence-corrected chi connectivity index (χ2v) is 5.30. The molecule has 7 heteroatoms. The molecule has 0 aliphatic carbocycles. The van der Waals surface area contributed by atoms with E-state index in [-0.39, 0.29) is 12.4 Å². The van der Waals surface area contributed by atoms with E-state index in [2.05, 4.69) is 27.2 Å². The highest BCUT2D eigenvalue weighted by Crippen LogP contribution is 2.23. The summed E-state index contributed by atoms with van der Waals surface area (Å²) in [5, 5.41) is 3.60. The van der Waals surface area contributed by atoms with Gasteiger partial charge in [-0.25, -0.2) is 19.3 Å². The summed E-state index contributed by atoms with van der Waals surface area (Å²) in [6.45, 7) is 3.15. The molecule has 1 aromatic carbocycles. The maximum atomic E-state index is 13.9. The molecule has 0 aliphatic heterocycles. The number of rotatable bonds is 5. The second kappa shape index (κ2) is 6.27. The first kappa shape index (κ1) is 14.7. The zero-order valence-electron chi connectivity index (χ0n) is 12.1. The van der Waals surface area contributed by atoms with Crippen LogP contribution in [-0.2, 0) is 6.54 Å². The van der Waals surface area contributed by atoms with Crippen molar-refractivity contribution in [2.45, 2.75) is 19.9 Å². The van der Waals surface area contributed by atoms with Gasteiger partial charge in [-0.2, -0.15) is 0 Å². The smallest absolute Gasteiger partial charge is 0.165 e. The lowest BCUT2D eigenvalue weighted by molar-refractivity contribution is 0.601. The minimum Gasteiger partial charge on any atom is -0.368 e. The molecule has 3 aromatic rings. The fraction of sp³-hybridized carbons (Fsp3) is 0.267. The standard InChI is InChI=1S/C15H15ClFN5/c1-2-6-18-14-13-15(20-8-19-14)22(9-21-13)7-10-11(16)4-3-5-12(10)17/h3-5,8-9H,2,6-7H2,1H3,(H,18,19,20). The monoisotopic (exact) mass is 319 g/mol. The Morgan fingerprint density at radius 2 is 2.14 bits per heavy atom. The number of hydrogen-bond donors (Lipinski definition) is 1. The van der Waals surface area contributed by atoms with Gasteiger partial charge in [-0.15, -0.1) is 0 Å². The first-order valence-electron chi connectivity index (χ1n) is 7.03. The van der Waals surface area contributed by atoms with Gasteiger partial charge in [-0.1, -0.05) is 24.6 Å². The summed E-state index contributed by atoms with van der Waals surface area (Å²) in [6.07, 6.45) is 4.08. The van der Waals surface area contributed by atoms with Crippen molar-refractivity contribution in [2.75, 3.05) is 11.9 Å². The molecule has 0 aliphatic rings. The van der Waals surface area contributed by atoms with Crippen molar-refractivity contribution in [3.05, 3.63) is 47.3 Å². The molecule has 2 aromatic heterocycles. The zero-order chi connectivity index (χ0) is 15.5. The van der Waals surface area contributed by atoms with E-state index in [1.165, 1.54) is 12.4 Å². The molecule has 0 fully saturated rings. The van der Waals surface area contributed by atoms with Gasteiger partial charge in [0.1, 0.15) is 17.7 Å². The van der Waals surface area contributed by atoms with E-state index in [4.69, 9.17) is 11.6 Å². The Balaban J connectivity index is 1.99. The summed E-state index contributed by atoms with van der Waals surface area (Å²) in [5.74, 6) is 0.345. The van der Waals surface area contributed by atoms with E-state index in [1.54, 1.807) is 23.0 Å². The van der Waals surface area contributed by atoms with Gasteiger partial charge in [0.05, 0.1) is 12.9 Å². The SMILES string of the molecule is CCCNc1ncnc2c1ncn2Cc1c(F)cccc1Cl. The highest BCUT2D eigenvalue weighted by Gasteiger charge is 2.13. The molecule has 1 N–H and O–H groups in total. The number of halogens is 2. The maximum Gasteiger partial charge on any atom is 0.165 e. The first-order valence-corrected chi connectivity index (χ1v) is 7.41. The lowest BCUT2D eigenvalue weighted by Crippen LogP contribution is -2.05. The summed E-state index contributed by atoms with van der Waals surface area (Å²) in [5.41, 5.74) is 1.74. The van der Waals surface area contributed by atoms with Crippen LogP contribution in [0.1, 0.15) is 18.9 Å². The lowest BCUT2D eigenvalue weighted by atomic mass is 10.2. The van der Waals surface area contributed by atoms with Crippen LogP contribution in [0.3, 0.4) is 0 Å². The summed E-state index contributed by atoms with van der Waals surface area (Å²) >= 11 is 6.08. The van der Waals surface area contributed by atoms with Gasteiger partial charge in [0.25, 0.3) is 0 Å². The maximum absolute atomic E-state index is 13.9. The third-order valence-corrected chi connectivity index (χ3v) is 3.69. The molecular weight excluding hydrogens is 305 g/mol. The Morgan fingerprint density at radius 1 is 1.27 bits per heavy atom. The quantitative estimate of drug-likeness (QED) is 0.782. The van der Waals surface area contributed by atoms with Gasteiger partial charge in [0, 0.05) is 17.1 Å². The number of anilines is 1. The summed E-state index contributed by atoms with van der Waals surface area (Å²) in [7, 11) is 0. The van der Waals surface area contributed by atoms with Crippen molar-refractivity contribution >= 4 is 28.6 Å². The van der Waals surface area contributed by atoms with Crippen LogP contribution in [0.25, 0.3) is 11.2 Å². The van der Waals surface area contributed by atoms with Crippen LogP contribution in [0.5, 0.6) is 0 Å². The molecule has 0 unspecified atom stereocenters. The largest absolute Gasteiger partial charge is 0.368 e. The van der Waals surface area contributed by atoms with Crippen molar-refractivity contribution in [1.82, 2.24) is 19.5 Å². The molecule has 2 heterocycles. The van der Waals surface area contributed by atoms with Crippen LogP contribution >= 0.6 is 11.6 Å². The summed E-state index contributed by atoms with van der Waals surface area (Å²) < 4.78 is 15.7. The molecule has 0 radical (unpaired) electrons. The molecule has 0 atom stereocenters. The fourth-order valence-corrected chi connectivity index (χ4v) is 2.45. The third kappa shape index (κ3) is 2.74. The van der Waals surface area contributed by atoms with Crippen molar-refractivity contribution in [1.29, 1.82) is 0 Å². The highest BCUT2D eigenvalue weighted by atomic mass is 35.5. The van der Waals surface area contributed by atoms with Crippen LogP contribution in [0.15, 0.2) is 30.9 Å². The van der Waals surface area contributed by atoms with Crippen LogP contribution < -0.4 is 5.32 Å². The Morgan fingerprint density at radius 3 is 2.91 bits per heavy atom. The van der Waals surface area contributed by atoms with E-state index in [1.807, 2.05) is 0 Å². The van der Waals surface area contributed by atoms with E-state index in [9.17, 15) is 4.39 Å². The Hall–Kier alpha value is -2.21. The predicted molar refractivity (Wildman–Crippen MR) is 84.6 cm³/mol. The van der Waals surface area contributed by atoms with Crippen LogP contribution in [-0.4, -0.2) is 26.1 Å². The molecule has 0 spiro atoms. The normalized spacial score (nSPS) is 11.0. The van der Waals surface area contributed by atoms with E-state index < -0.39 is 0 Å². The zero-order valence-corrected chi connectivity index (χ0v) is 12.8. The summed E-state index contributed by atoms with van der Waals surface area (Å²) in [4.78, 5) is 12.8. The fourth-order valence-electron chi connectivity index (χ4n) is 2.22. The van der Waals surface area contributed by atoms with E-state index in [0.717, 1.165) is 13.0 Å². The average Bonchev–Trinajstić information content (AvgIpc) is 2.93. The number of imidazole rings is 1. The Bertz CT molecular complexity index is 781. The van der Waals surface area contributed by atoms with Crippen molar-refractivity contribution in [3.63, 3.8) is 0 Å². The average molecular weight is 320 g/mol. The minimum atomic E-state index is -0.340. The van der Waals surface area contributed by atoms with Crippen LogP contribution in [0.4, 0.5) is 10.2 Å². The molecular formula is C15H15ClFN5. The second-order valence-electron chi connectivity index (χ2n) is 4.89.